The van der Waals surface area contributed by atoms with Gasteiger partial charge in [-0.05, 0) is 0 Å². The van der Waals surface area contributed by atoms with Gasteiger partial charge in [0.1, 0.15) is 24.1 Å². The van der Waals surface area contributed by atoms with Crippen molar-refractivity contribution in [3.05, 3.63) is 12.0 Å². The molecule has 4 atom stereocenters. The Morgan fingerprint density at radius 1 is 1.58 bits per heavy atom. The summed E-state index contributed by atoms with van der Waals surface area (Å²) in [5.41, 5.74) is 7.34. The normalized spacial score (nSPS) is 30.5. The van der Waals surface area contributed by atoms with Gasteiger partial charge in [0, 0.05) is 0 Å². The average molecular weight is 274 g/mol. The molecule has 10 heteroatoms. The predicted octanol–water partition coefficient (Wildman–Crippen LogP) is -2.91. The maximum absolute atomic E-state index is 11.6. The lowest BCUT2D eigenvalue weighted by Crippen LogP contribution is -2.38. The predicted molar refractivity (Wildman–Crippen MR) is 59.3 cm³/mol. The number of nitrogens with one attached hydrogen (secondary N) is 2. The molecule has 1 saturated heterocycles. The van der Waals surface area contributed by atoms with E-state index >= 15 is 0 Å². The Morgan fingerprint density at radius 2 is 2.32 bits per heavy atom. The number of aromatic nitrogens is 2. The van der Waals surface area contributed by atoms with Crippen LogP contribution in [0, 0.1) is 0 Å². The van der Waals surface area contributed by atoms with Gasteiger partial charge >= 0.3 is 0 Å². The number of aliphatic hydroxyl groups is 3. The average Bonchev–Trinajstić information content (AvgIpc) is 2.93. The van der Waals surface area contributed by atoms with Crippen LogP contribution in [0.3, 0.4) is 0 Å². The van der Waals surface area contributed by atoms with Crippen LogP contribution >= 0.6 is 0 Å². The number of rotatable bonds is 4. The zero-order chi connectivity index (χ0) is 14.0. The summed E-state index contributed by atoms with van der Waals surface area (Å²) in [7, 11) is 0. The van der Waals surface area contributed by atoms with E-state index in [9.17, 15) is 15.0 Å². The third kappa shape index (κ3) is 2.67. The molecule has 1 aliphatic heterocycles. The zero-order valence-corrected chi connectivity index (χ0v) is 9.68. The number of imidazole rings is 1. The van der Waals surface area contributed by atoms with E-state index in [1.165, 1.54) is 6.33 Å². The number of aromatic amines is 1. The van der Waals surface area contributed by atoms with Crippen LogP contribution < -0.4 is 11.2 Å². The summed E-state index contributed by atoms with van der Waals surface area (Å²) >= 11 is 0. The van der Waals surface area contributed by atoms with Gasteiger partial charge in [-0.3, -0.25) is 4.79 Å². The molecule has 1 amide bonds. The molecule has 106 valence electrons. The molecule has 10 nitrogen and oxygen atoms in total. The molecule has 2 rings (SSSR count). The Hall–Kier alpha value is -1.72. The number of hydrogen-bond donors (Lipinski definition) is 6. The molecule has 1 aromatic heterocycles. The van der Waals surface area contributed by atoms with Gasteiger partial charge in [0.05, 0.1) is 12.9 Å². The fourth-order valence-electron chi connectivity index (χ4n) is 1.61. The maximum atomic E-state index is 11.6. The molecule has 2 heterocycles. The molecule has 0 aliphatic carbocycles. The number of hydroxylamine groups is 1. The van der Waals surface area contributed by atoms with Crippen molar-refractivity contribution in [1.29, 1.82) is 0 Å². The van der Waals surface area contributed by atoms with Crippen molar-refractivity contribution in [2.24, 2.45) is 0 Å². The molecular formula is C9H14N4O6. The SMILES string of the molecule is Nc1[nH]cnc1C(=O)NOC1O[C@H](CO)[C@@H](O)[C@H]1O. The topological polar surface area (TPSA) is 163 Å². The third-order valence-corrected chi connectivity index (χ3v) is 2.65. The lowest BCUT2D eigenvalue weighted by molar-refractivity contribution is -0.192. The first-order valence-corrected chi connectivity index (χ1v) is 5.42. The number of ether oxygens (including phenoxy) is 1. The molecule has 0 saturated carbocycles. The summed E-state index contributed by atoms with van der Waals surface area (Å²) in [6.45, 7) is -0.488. The summed E-state index contributed by atoms with van der Waals surface area (Å²) in [5.74, 6) is -0.682. The molecule has 1 aliphatic rings. The number of amides is 1. The number of aliphatic hydroxyl groups excluding tert-OH is 3. The van der Waals surface area contributed by atoms with Crippen LogP contribution in [0.2, 0.25) is 0 Å². The number of carbonyl (C=O) groups is 1. The second-order valence-corrected chi connectivity index (χ2v) is 3.92. The number of hydrogen-bond acceptors (Lipinski definition) is 8. The summed E-state index contributed by atoms with van der Waals surface area (Å²) < 4.78 is 4.99. The summed E-state index contributed by atoms with van der Waals surface area (Å²) in [6.07, 6.45) is -3.74. The standard InChI is InChI=1S/C9H14N4O6/c10-7-4(11-2-12-7)8(17)13-19-9-6(16)5(15)3(1-14)18-9/h2-3,5-6,9,14-16H,1,10H2,(H,11,12)(H,13,17)/t3-,5-,6-,9?/m1/s1. The summed E-state index contributed by atoms with van der Waals surface area (Å²) in [6, 6.07) is 0. The molecule has 0 bridgehead atoms. The Balaban J connectivity index is 1.90. The number of carbonyl (C=O) groups excluding carboxylic acids is 1. The van der Waals surface area contributed by atoms with Gasteiger partial charge in [-0.2, -0.15) is 0 Å². The van der Waals surface area contributed by atoms with E-state index in [1.807, 2.05) is 5.48 Å². The molecule has 1 aromatic rings. The van der Waals surface area contributed by atoms with Crippen LogP contribution in [0.4, 0.5) is 5.82 Å². The van der Waals surface area contributed by atoms with Crippen molar-refractivity contribution in [1.82, 2.24) is 15.4 Å². The Labute approximate surface area is 107 Å². The van der Waals surface area contributed by atoms with Crippen LogP contribution in [0.5, 0.6) is 0 Å². The molecule has 19 heavy (non-hydrogen) atoms. The lowest BCUT2D eigenvalue weighted by Gasteiger charge is -2.14. The van der Waals surface area contributed by atoms with Crippen molar-refractivity contribution in [2.45, 2.75) is 24.6 Å². The van der Waals surface area contributed by atoms with Gasteiger partial charge < -0.3 is 30.8 Å². The highest BCUT2D eigenvalue weighted by atomic mass is 16.8. The van der Waals surface area contributed by atoms with E-state index in [0.717, 1.165) is 0 Å². The molecule has 0 radical (unpaired) electrons. The number of nitrogens with zero attached hydrogens (tertiary/aromatic N) is 1. The second-order valence-electron chi connectivity index (χ2n) is 3.92. The van der Waals surface area contributed by atoms with Gasteiger partial charge in [0.15, 0.2) is 5.69 Å². The fraction of sp³-hybridized carbons (Fsp3) is 0.556. The Bertz CT molecular complexity index is 452. The summed E-state index contributed by atoms with van der Waals surface area (Å²) in [5, 5.41) is 27.9. The Kier molecular flexibility index (Phi) is 3.97. The van der Waals surface area contributed by atoms with E-state index in [2.05, 4.69) is 9.97 Å². The zero-order valence-electron chi connectivity index (χ0n) is 9.68. The first kappa shape index (κ1) is 13.7. The van der Waals surface area contributed by atoms with Crippen LogP contribution in [0.1, 0.15) is 10.5 Å². The minimum Gasteiger partial charge on any atom is -0.394 e. The molecule has 1 unspecified atom stereocenters. The van der Waals surface area contributed by atoms with Crippen LogP contribution in [0.25, 0.3) is 0 Å². The number of H-pyrrole nitrogens is 1. The van der Waals surface area contributed by atoms with Crippen molar-refractivity contribution in [3.63, 3.8) is 0 Å². The van der Waals surface area contributed by atoms with Gasteiger partial charge in [0.25, 0.3) is 5.91 Å². The van der Waals surface area contributed by atoms with E-state index < -0.39 is 37.1 Å². The van der Waals surface area contributed by atoms with Crippen molar-refractivity contribution in [3.8, 4) is 0 Å². The Morgan fingerprint density at radius 3 is 2.84 bits per heavy atom. The number of nitrogen functional groups attached to an aromatic ring is 1. The van der Waals surface area contributed by atoms with Gasteiger partial charge in [-0.1, -0.05) is 0 Å². The minimum absolute atomic E-state index is 0.0576. The largest absolute Gasteiger partial charge is 0.394 e. The van der Waals surface area contributed by atoms with E-state index in [1.54, 1.807) is 0 Å². The van der Waals surface area contributed by atoms with Crippen LogP contribution in [-0.2, 0) is 9.57 Å². The summed E-state index contributed by atoms with van der Waals surface area (Å²) in [4.78, 5) is 22.5. The van der Waals surface area contributed by atoms with Crippen LogP contribution in [0.15, 0.2) is 6.33 Å². The van der Waals surface area contributed by atoms with Crippen molar-refractivity contribution >= 4 is 11.7 Å². The molecule has 0 aromatic carbocycles. The maximum Gasteiger partial charge on any atom is 0.297 e. The quantitative estimate of drug-likeness (QED) is 0.318. The highest BCUT2D eigenvalue weighted by Gasteiger charge is 2.43. The smallest absolute Gasteiger partial charge is 0.297 e. The van der Waals surface area contributed by atoms with E-state index in [0.29, 0.717) is 0 Å². The highest BCUT2D eigenvalue weighted by Crippen LogP contribution is 2.21. The van der Waals surface area contributed by atoms with Crippen LogP contribution in [-0.4, -0.2) is 62.4 Å². The highest BCUT2D eigenvalue weighted by molar-refractivity contribution is 5.95. The molecule has 0 spiro atoms. The van der Waals surface area contributed by atoms with E-state index in [4.69, 9.17) is 20.4 Å². The lowest BCUT2D eigenvalue weighted by atomic mass is 10.1. The van der Waals surface area contributed by atoms with E-state index in [-0.39, 0.29) is 11.5 Å². The van der Waals surface area contributed by atoms with Crippen molar-refractivity contribution in [2.75, 3.05) is 12.3 Å². The molecule has 1 fully saturated rings. The fourth-order valence-corrected chi connectivity index (χ4v) is 1.61. The van der Waals surface area contributed by atoms with Gasteiger partial charge in [-0.15, -0.1) is 0 Å². The monoisotopic (exact) mass is 274 g/mol. The van der Waals surface area contributed by atoms with Crippen molar-refractivity contribution < 1.29 is 29.7 Å². The van der Waals surface area contributed by atoms with Gasteiger partial charge in [0.2, 0.25) is 6.29 Å². The third-order valence-electron chi connectivity index (χ3n) is 2.65. The first-order valence-electron chi connectivity index (χ1n) is 5.42. The number of anilines is 1. The molecular weight excluding hydrogens is 260 g/mol. The van der Waals surface area contributed by atoms with Gasteiger partial charge in [-0.25, -0.2) is 15.3 Å². The minimum atomic E-state index is -1.39. The number of nitrogens with two attached hydrogens (primary N) is 1. The first-order chi connectivity index (χ1) is 9.04. The second kappa shape index (κ2) is 5.50. The molecule has 7 N–H and O–H groups in total.